The molecule has 1 heteroatoms. The van der Waals surface area contributed by atoms with Gasteiger partial charge >= 0.3 is 0 Å². The van der Waals surface area contributed by atoms with Crippen LogP contribution in [0.4, 0.5) is 0 Å². The number of hydrogen-bond donors (Lipinski definition) is 0. The third-order valence-corrected chi connectivity index (χ3v) is 6.06. The minimum atomic E-state index is 0.996. The van der Waals surface area contributed by atoms with Crippen LogP contribution in [0.1, 0.15) is 16.7 Å². The Kier molecular flexibility index (Phi) is 5.62. The van der Waals surface area contributed by atoms with E-state index in [2.05, 4.69) is 130 Å². The molecule has 160 valence electrons. The van der Waals surface area contributed by atoms with Crippen molar-refractivity contribution in [2.45, 2.75) is 20.8 Å². The minimum Gasteiger partial charge on any atom is -0.248 e. The van der Waals surface area contributed by atoms with Crippen molar-refractivity contribution < 1.29 is 0 Å². The van der Waals surface area contributed by atoms with E-state index in [0.29, 0.717) is 0 Å². The summed E-state index contributed by atoms with van der Waals surface area (Å²) in [5, 5.41) is 0. The lowest BCUT2D eigenvalue weighted by Crippen LogP contribution is -1.92. The molecule has 0 saturated carbocycles. The fourth-order valence-electron chi connectivity index (χ4n) is 4.20. The molecule has 0 N–H and O–H groups in total. The summed E-state index contributed by atoms with van der Waals surface area (Å²) >= 11 is 0. The summed E-state index contributed by atoms with van der Waals surface area (Å²) in [6.07, 6.45) is 0. The maximum Gasteiger partial charge on any atom is 0.0715 e. The first-order valence-corrected chi connectivity index (χ1v) is 11.4. The Morgan fingerprint density at radius 2 is 0.788 bits per heavy atom. The van der Waals surface area contributed by atoms with Gasteiger partial charge in [0.15, 0.2) is 0 Å². The number of pyridine rings is 1. The van der Waals surface area contributed by atoms with Crippen LogP contribution in [0, 0.1) is 20.8 Å². The smallest absolute Gasteiger partial charge is 0.0715 e. The maximum atomic E-state index is 5.06. The third-order valence-electron chi connectivity index (χ3n) is 6.06. The van der Waals surface area contributed by atoms with E-state index in [4.69, 9.17) is 4.98 Å². The predicted octanol–water partition coefficient (Wildman–Crippen LogP) is 8.67. The molecule has 0 radical (unpaired) electrons. The van der Waals surface area contributed by atoms with Crippen LogP contribution in [-0.2, 0) is 0 Å². The Morgan fingerprint density at radius 1 is 0.364 bits per heavy atom. The largest absolute Gasteiger partial charge is 0.248 e. The van der Waals surface area contributed by atoms with E-state index >= 15 is 0 Å². The van der Waals surface area contributed by atoms with E-state index in [1.807, 2.05) is 0 Å². The van der Waals surface area contributed by atoms with Crippen molar-refractivity contribution in [3.05, 3.63) is 126 Å². The molecule has 0 bridgehead atoms. The average molecular weight is 426 g/mol. The van der Waals surface area contributed by atoms with Crippen LogP contribution in [0.15, 0.2) is 109 Å². The van der Waals surface area contributed by atoms with Gasteiger partial charge in [-0.3, -0.25) is 0 Å². The summed E-state index contributed by atoms with van der Waals surface area (Å²) in [5.74, 6) is 0. The molecule has 5 rings (SSSR count). The van der Waals surface area contributed by atoms with Crippen LogP contribution in [0.3, 0.4) is 0 Å². The highest BCUT2D eigenvalue weighted by Crippen LogP contribution is 2.32. The Hall–Kier alpha value is -3.97. The monoisotopic (exact) mass is 425 g/mol. The molecule has 0 aliphatic rings. The molecule has 0 aliphatic carbocycles. The molecular weight excluding hydrogens is 398 g/mol. The molecule has 0 aliphatic heterocycles. The molecule has 1 nitrogen and oxygen atoms in total. The fraction of sp³-hybridized carbons (Fsp3) is 0.0938. The topological polar surface area (TPSA) is 12.9 Å². The summed E-state index contributed by atoms with van der Waals surface area (Å²) in [4.78, 5) is 5.06. The van der Waals surface area contributed by atoms with Gasteiger partial charge in [-0.25, -0.2) is 4.98 Å². The number of hydrogen-bond acceptors (Lipinski definition) is 1. The summed E-state index contributed by atoms with van der Waals surface area (Å²) in [6, 6.07) is 39.1. The summed E-state index contributed by atoms with van der Waals surface area (Å²) in [6.45, 7) is 6.37. The van der Waals surface area contributed by atoms with Gasteiger partial charge in [0.25, 0.3) is 0 Å². The lowest BCUT2D eigenvalue weighted by molar-refractivity contribution is 1.31. The Bertz CT molecular complexity index is 1350. The molecule has 0 unspecified atom stereocenters. The average Bonchev–Trinajstić information content (AvgIpc) is 2.84. The highest BCUT2D eigenvalue weighted by molar-refractivity contribution is 5.78. The van der Waals surface area contributed by atoms with Gasteiger partial charge in [-0.05, 0) is 67.3 Å². The first-order valence-electron chi connectivity index (χ1n) is 11.4. The predicted molar refractivity (Wildman–Crippen MR) is 140 cm³/mol. The first kappa shape index (κ1) is 20.9. The van der Waals surface area contributed by atoms with Crippen LogP contribution in [-0.4, -0.2) is 4.98 Å². The number of aromatic nitrogens is 1. The lowest BCUT2D eigenvalue weighted by Gasteiger charge is -2.12. The van der Waals surface area contributed by atoms with Crippen LogP contribution in [0.5, 0.6) is 0 Å². The van der Waals surface area contributed by atoms with Gasteiger partial charge in [-0.15, -0.1) is 0 Å². The Morgan fingerprint density at radius 3 is 1.24 bits per heavy atom. The number of rotatable bonds is 4. The highest BCUT2D eigenvalue weighted by Gasteiger charge is 2.10. The van der Waals surface area contributed by atoms with Gasteiger partial charge in [0.1, 0.15) is 0 Å². The zero-order valence-corrected chi connectivity index (χ0v) is 19.3. The van der Waals surface area contributed by atoms with E-state index in [1.165, 1.54) is 38.9 Å². The highest BCUT2D eigenvalue weighted by atomic mass is 14.7. The number of benzene rings is 4. The molecule has 0 amide bonds. The van der Waals surface area contributed by atoms with E-state index in [-0.39, 0.29) is 0 Å². The van der Waals surface area contributed by atoms with Gasteiger partial charge in [-0.1, -0.05) is 102 Å². The summed E-state index contributed by atoms with van der Waals surface area (Å²) in [7, 11) is 0. The molecule has 0 saturated heterocycles. The van der Waals surface area contributed by atoms with Crippen molar-refractivity contribution in [2.75, 3.05) is 0 Å². The van der Waals surface area contributed by atoms with E-state index in [1.54, 1.807) is 0 Å². The van der Waals surface area contributed by atoms with Crippen molar-refractivity contribution in [1.82, 2.24) is 4.98 Å². The molecule has 33 heavy (non-hydrogen) atoms. The lowest BCUT2D eigenvalue weighted by atomic mass is 9.97. The molecule has 0 fully saturated rings. The summed E-state index contributed by atoms with van der Waals surface area (Å²) < 4.78 is 0. The minimum absolute atomic E-state index is 0.996. The number of nitrogens with zero attached hydrogens (tertiary/aromatic N) is 1. The zero-order valence-electron chi connectivity index (χ0n) is 19.3. The molecule has 0 spiro atoms. The van der Waals surface area contributed by atoms with E-state index in [0.717, 1.165) is 22.5 Å². The normalized spacial score (nSPS) is 10.9. The molecule has 0 atom stereocenters. The van der Waals surface area contributed by atoms with Crippen molar-refractivity contribution in [2.24, 2.45) is 0 Å². The van der Waals surface area contributed by atoms with Gasteiger partial charge in [0.2, 0.25) is 0 Å². The second kappa shape index (κ2) is 8.88. The zero-order chi connectivity index (χ0) is 22.8. The van der Waals surface area contributed by atoms with Crippen molar-refractivity contribution >= 4 is 0 Å². The van der Waals surface area contributed by atoms with Crippen LogP contribution >= 0.6 is 0 Å². The van der Waals surface area contributed by atoms with Crippen LogP contribution in [0.2, 0.25) is 0 Å². The van der Waals surface area contributed by atoms with Gasteiger partial charge < -0.3 is 0 Å². The van der Waals surface area contributed by atoms with Crippen molar-refractivity contribution in [1.29, 1.82) is 0 Å². The molecule has 1 heterocycles. The quantitative estimate of drug-likeness (QED) is 0.281. The molecule has 1 aromatic heterocycles. The van der Waals surface area contributed by atoms with E-state index < -0.39 is 0 Å². The second-order valence-corrected chi connectivity index (χ2v) is 8.81. The standard InChI is InChI=1S/C32H27N/c1-22-10-12-25(13-11-22)26-14-16-27(17-15-26)30-20-31(28-8-4-6-23(2)18-28)33-32(21-30)29-9-5-7-24(3)19-29/h4-21H,1-3H3. The second-order valence-electron chi connectivity index (χ2n) is 8.81. The van der Waals surface area contributed by atoms with Crippen LogP contribution < -0.4 is 0 Å². The van der Waals surface area contributed by atoms with Crippen molar-refractivity contribution in [3.8, 4) is 44.8 Å². The van der Waals surface area contributed by atoms with Gasteiger partial charge in [0, 0.05) is 11.1 Å². The molecule has 5 aromatic rings. The fourth-order valence-corrected chi connectivity index (χ4v) is 4.20. The summed E-state index contributed by atoms with van der Waals surface area (Å²) in [5.41, 5.74) is 12.9. The SMILES string of the molecule is Cc1ccc(-c2ccc(-c3cc(-c4cccc(C)c4)nc(-c4cccc(C)c4)c3)cc2)cc1. The third kappa shape index (κ3) is 4.63. The number of aryl methyl sites for hydroxylation is 3. The van der Waals surface area contributed by atoms with Gasteiger partial charge in [-0.2, -0.15) is 0 Å². The molecule has 4 aromatic carbocycles. The Balaban J connectivity index is 1.61. The first-order chi connectivity index (χ1) is 16.0. The van der Waals surface area contributed by atoms with Crippen LogP contribution in [0.25, 0.3) is 44.8 Å². The van der Waals surface area contributed by atoms with Gasteiger partial charge in [0.05, 0.1) is 11.4 Å². The van der Waals surface area contributed by atoms with Crippen molar-refractivity contribution in [3.63, 3.8) is 0 Å². The maximum absolute atomic E-state index is 5.06. The van der Waals surface area contributed by atoms with E-state index in [9.17, 15) is 0 Å². The molecular formula is C32H27N. The Labute approximate surface area is 196 Å².